The van der Waals surface area contributed by atoms with Crippen LogP contribution >= 0.6 is 0 Å². The second-order valence-electron chi connectivity index (χ2n) is 2.06. The van der Waals surface area contributed by atoms with Crippen LogP contribution in [0.15, 0.2) is 11.5 Å². The Kier molecular flexibility index (Phi) is 1.53. The van der Waals surface area contributed by atoms with Crippen LogP contribution in [0.5, 0.6) is 0 Å². The largest absolute Gasteiger partial charge is 0.831 e. The molecule has 1 heterocycles. The third-order valence-electron chi connectivity index (χ3n) is 1.36. The van der Waals surface area contributed by atoms with Gasteiger partial charge in [-0.2, -0.15) is 0 Å². The topological polar surface area (TPSA) is 39.7 Å². The normalized spacial score (nSPS) is 21.6. The molecule has 2 nitrogen and oxygen atoms in total. The van der Waals surface area contributed by atoms with E-state index in [4.69, 9.17) is 0 Å². The Morgan fingerprint density at radius 3 is 2.75 bits per heavy atom. The monoisotopic (exact) mass is 112 g/mol. The number of hydrogen-bond donors (Lipinski definition) is 1. The van der Waals surface area contributed by atoms with Gasteiger partial charge in [-0.3, -0.25) is 0 Å². The van der Waals surface area contributed by atoms with E-state index in [1.807, 2.05) is 0 Å². The van der Waals surface area contributed by atoms with E-state index in [-0.39, 0.29) is 5.88 Å². The summed E-state index contributed by atoms with van der Waals surface area (Å²) in [5.41, 5.74) is 0.774. The lowest BCUT2D eigenvalue weighted by molar-refractivity contribution is -0.703. The van der Waals surface area contributed by atoms with Gasteiger partial charge >= 0.3 is 0 Å². The van der Waals surface area contributed by atoms with Gasteiger partial charge in [0.25, 0.3) is 0 Å². The van der Waals surface area contributed by atoms with Crippen LogP contribution < -0.4 is 10.4 Å². The van der Waals surface area contributed by atoms with Crippen molar-refractivity contribution in [2.24, 2.45) is 0 Å². The fourth-order valence-electron chi connectivity index (χ4n) is 0.816. The molecular weight excluding hydrogens is 102 g/mol. The standard InChI is InChI=1S/C6H10NO/c1-5-3-2-4-7-6(5)8/h7-8H,1-4H2. The lowest BCUT2D eigenvalue weighted by atomic mass is 10.1. The van der Waals surface area contributed by atoms with Crippen LogP contribution in [0, 0.1) is 6.92 Å². The molecule has 0 aliphatic carbocycles. The first-order valence-corrected chi connectivity index (χ1v) is 2.86. The zero-order valence-electron chi connectivity index (χ0n) is 4.81. The van der Waals surface area contributed by atoms with Gasteiger partial charge in [0.05, 0.1) is 12.4 Å². The van der Waals surface area contributed by atoms with E-state index in [1.54, 1.807) is 5.32 Å². The summed E-state index contributed by atoms with van der Waals surface area (Å²) in [7, 11) is 0. The molecule has 0 aromatic heterocycles. The smallest absolute Gasteiger partial charge is 0.0796 e. The summed E-state index contributed by atoms with van der Waals surface area (Å²) < 4.78 is 0. The summed E-state index contributed by atoms with van der Waals surface area (Å²) in [6.07, 6.45) is 2.00. The predicted molar refractivity (Wildman–Crippen MR) is 28.4 cm³/mol. The first-order chi connectivity index (χ1) is 3.80. The van der Waals surface area contributed by atoms with E-state index in [0.29, 0.717) is 0 Å². The molecule has 0 fully saturated rings. The van der Waals surface area contributed by atoms with Gasteiger partial charge in [-0.15, -0.1) is 0 Å². The minimum absolute atomic E-state index is 0.149. The summed E-state index contributed by atoms with van der Waals surface area (Å²) >= 11 is 0. The highest BCUT2D eigenvalue weighted by atomic mass is 16.3. The lowest BCUT2D eigenvalue weighted by Crippen LogP contribution is -2.86. The summed E-state index contributed by atoms with van der Waals surface area (Å²) in [5, 5.41) is 12.4. The van der Waals surface area contributed by atoms with Crippen LogP contribution in [0.25, 0.3) is 0 Å². The molecule has 0 bridgehead atoms. The maximum Gasteiger partial charge on any atom is 0.0796 e. The molecule has 0 amide bonds. The molecule has 2 N–H and O–H groups in total. The van der Waals surface area contributed by atoms with Crippen molar-refractivity contribution in [2.45, 2.75) is 12.8 Å². The average molecular weight is 112 g/mol. The molecule has 1 aliphatic heterocycles. The maximum absolute atomic E-state index is 10.6. The predicted octanol–water partition coefficient (Wildman–Crippen LogP) is -1.25. The van der Waals surface area contributed by atoms with Crippen molar-refractivity contribution < 1.29 is 10.4 Å². The van der Waals surface area contributed by atoms with E-state index in [2.05, 4.69) is 6.92 Å². The molecule has 0 unspecified atom stereocenters. The zero-order chi connectivity index (χ0) is 5.98. The number of hydrogen-bond acceptors (Lipinski definition) is 1. The molecule has 0 saturated carbocycles. The number of allylic oxidation sites excluding steroid dienone is 1. The molecule has 0 atom stereocenters. The first kappa shape index (κ1) is 5.63. The van der Waals surface area contributed by atoms with Gasteiger partial charge in [0.15, 0.2) is 0 Å². The van der Waals surface area contributed by atoms with Gasteiger partial charge in [0, 0.05) is 6.42 Å². The molecule has 0 spiro atoms. The maximum atomic E-state index is 10.6. The van der Waals surface area contributed by atoms with Gasteiger partial charge < -0.3 is 10.4 Å². The van der Waals surface area contributed by atoms with E-state index < -0.39 is 0 Å². The fraction of sp³-hybridized carbons (Fsp3) is 0.500. The van der Waals surface area contributed by atoms with Crippen molar-refractivity contribution in [2.75, 3.05) is 6.54 Å². The Balaban J connectivity index is 2.60. The lowest BCUT2D eigenvalue weighted by Gasteiger charge is -2.17. The Bertz CT molecular complexity index is 104. The molecule has 1 radical (unpaired) electrons. The van der Waals surface area contributed by atoms with Crippen molar-refractivity contribution in [1.82, 2.24) is 0 Å². The van der Waals surface area contributed by atoms with E-state index in [1.165, 1.54) is 0 Å². The van der Waals surface area contributed by atoms with Crippen molar-refractivity contribution in [3.63, 3.8) is 0 Å². The summed E-state index contributed by atoms with van der Waals surface area (Å²) in [6.45, 7) is 4.56. The van der Waals surface area contributed by atoms with Crippen molar-refractivity contribution in [1.29, 1.82) is 0 Å². The van der Waals surface area contributed by atoms with Crippen LogP contribution in [0.2, 0.25) is 0 Å². The zero-order valence-corrected chi connectivity index (χ0v) is 4.81. The average Bonchev–Trinajstić information content (AvgIpc) is 1.77. The molecule has 8 heavy (non-hydrogen) atoms. The molecule has 0 aromatic rings. The van der Waals surface area contributed by atoms with Crippen LogP contribution in [0.1, 0.15) is 12.8 Å². The Morgan fingerprint density at radius 2 is 2.38 bits per heavy atom. The summed E-state index contributed by atoms with van der Waals surface area (Å²) in [6, 6.07) is 0. The Morgan fingerprint density at radius 1 is 1.62 bits per heavy atom. The van der Waals surface area contributed by atoms with Crippen LogP contribution in [-0.2, 0) is 0 Å². The number of quaternary nitrogens is 1. The van der Waals surface area contributed by atoms with Crippen LogP contribution in [-0.4, -0.2) is 6.54 Å². The molecule has 1 aliphatic rings. The SMILES string of the molecule is [CH2]C1=C([O-])[NH2+]CCC1. The minimum Gasteiger partial charge on any atom is -0.831 e. The van der Waals surface area contributed by atoms with Crippen LogP contribution in [0.3, 0.4) is 0 Å². The second kappa shape index (κ2) is 2.18. The van der Waals surface area contributed by atoms with E-state index in [9.17, 15) is 5.11 Å². The first-order valence-electron chi connectivity index (χ1n) is 2.86. The van der Waals surface area contributed by atoms with Gasteiger partial charge in [-0.25, -0.2) is 0 Å². The molecule has 2 heteroatoms. The molecule has 0 saturated heterocycles. The summed E-state index contributed by atoms with van der Waals surface area (Å²) in [5.74, 6) is 0.149. The molecule has 0 aromatic carbocycles. The highest BCUT2D eigenvalue weighted by molar-refractivity contribution is 5.04. The third kappa shape index (κ3) is 1.01. The van der Waals surface area contributed by atoms with Crippen molar-refractivity contribution in [3.8, 4) is 0 Å². The third-order valence-corrected chi connectivity index (χ3v) is 1.36. The van der Waals surface area contributed by atoms with E-state index in [0.717, 1.165) is 25.0 Å². The van der Waals surface area contributed by atoms with Gasteiger partial charge in [-0.05, 0) is 18.9 Å². The fourth-order valence-corrected chi connectivity index (χ4v) is 0.816. The van der Waals surface area contributed by atoms with Gasteiger partial charge in [-0.1, -0.05) is 0 Å². The Labute approximate surface area is 49.2 Å². The summed E-state index contributed by atoms with van der Waals surface area (Å²) in [4.78, 5) is 0. The molecular formula is C6H10NO. The Hall–Kier alpha value is -0.500. The van der Waals surface area contributed by atoms with Gasteiger partial charge in [0.2, 0.25) is 0 Å². The van der Waals surface area contributed by atoms with Crippen LogP contribution in [0.4, 0.5) is 0 Å². The highest BCUT2D eigenvalue weighted by Crippen LogP contribution is 2.03. The quantitative estimate of drug-likeness (QED) is 0.418. The minimum atomic E-state index is 0.149. The number of nitrogens with two attached hydrogens (primary N) is 1. The van der Waals surface area contributed by atoms with E-state index >= 15 is 0 Å². The molecule has 45 valence electrons. The van der Waals surface area contributed by atoms with Crippen molar-refractivity contribution >= 4 is 0 Å². The van der Waals surface area contributed by atoms with Crippen molar-refractivity contribution in [3.05, 3.63) is 18.4 Å². The highest BCUT2D eigenvalue weighted by Gasteiger charge is 2.02. The second-order valence-corrected chi connectivity index (χ2v) is 2.06. The molecule has 1 rings (SSSR count). The number of rotatable bonds is 0. The van der Waals surface area contributed by atoms with Gasteiger partial charge in [0.1, 0.15) is 0 Å².